The average Bonchev–Trinajstić information content (AvgIpc) is 3.75. The molecule has 0 spiro atoms. The predicted molar refractivity (Wildman–Crippen MR) is 211 cm³/mol. The smallest absolute Gasteiger partial charge is 0.144 e. The molecule has 8 aromatic carbocycles. The van der Waals surface area contributed by atoms with Crippen molar-refractivity contribution in [3.63, 3.8) is 0 Å². The van der Waals surface area contributed by atoms with Gasteiger partial charge < -0.3 is 8.83 Å². The van der Waals surface area contributed by atoms with E-state index in [2.05, 4.69) is 146 Å². The molecule has 0 atom stereocenters. The molecule has 1 aliphatic carbocycles. The summed E-state index contributed by atoms with van der Waals surface area (Å²) in [4.78, 5) is 0. The molecule has 2 heterocycles. The summed E-state index contributed by atoms with van der Waals surface area (Å²) >= 11 is 0. The van der Waals surface area contributed by atoms with Gasteiger partial charge in [-0.15, -0.1) is 0 Å². The van der Waals surface area contributed by atoms with Crippen LogP contribution in [0.15, 0.2) is 167 Å². The topological polar surface area (TPSA) is 26.3 Å². The number of allylic oxidation sites excluding steroid dienone is 4. The highest BCUT2D eigenvalue weighted by Gasteiger charge is 2.20. The van der Waals surface area contributed by atoms with Crippen molar-refractivity contribution < 1.29 is 8.83 Å². The summed E-state index contributed by atoms with van der Waals surface area (Å²) in [7, 11) is 0. The minimum absolute atomic E-state index is 0.878. The van der Waals surface area contributed by atoms with Gasteiger partial charge in [0, 0.05) is 26.9 Å². The first-order chi connectivity index (χ1) is 24.8. The lowest BCUT2D eigenvalue weighted by molar-refractivity contribution is 0.668. The maximum absolute atomic E-state index is 6.74. The van der Waals surface area contributed by atoms with Crippen molar-refractivity contribution in [2.24, 2.45) is 0 Å². The Balaban J connectivity index is 1.15. The zero-order valence-electron chi connectivity index (χ0n) is 27.2. The van der Waals surface area contributed by atoms with E-state index >= 15 is 0 Å². The fourth-order valence-corrected chi connectivity index (χ4v) is 8.46. The Morgan fingerprint density at radius 1 is 0.420 bits per heavy atom. The van der Waals surface area contributed by atoms with E-state index in [0.717, 1.165) is 67.5 Å². The van der Waals surface area contributed by atoms with Crippen LogP contribution in [0.25, 0.3) is 104 Å². The molecule has 234 valence electrons. The van der Waals surface area contributed by atoms with Gasteiger partial charge in [-0.25, -0.2) is 0 Å². The number of fused-ring (bicyclic) bond motifs is 11. The Hall–Kier alpha value is -6.38. The van der Waals surface area contributed by atoms with Crippen molar-refractivity contribution in [3.05, 3.63) is 163 Å². The molecule has 50 heavy (non-hydrogen) atoms. The monoisotopic (exact) mass is 638 g/mol. The van der Waals surface area contributed by atoms with Gasteiger partial charge in [0.25, 0.3) is 0 Å². The lowest BCUT2D eigenvalue weighted by Crippen LogP contribution is -1.92. The second kappa shape index (κ2) is 10.6. The Morgan fingerprint density at radius 2 is 1.02 bits per heavy atom. The van der Waals surface area contributed by atoms with Gasteiger partial charge in [-0.1, -0.05) is 127 Å². The summed E-state index contributed by atoms with van der Waals surface area (Å²) < 4.78 is 13.0. The van der Waals surface area contributed by atoms with Gasteiger partial charge in [-0.3, -0.25) is 0 Å². The molecule has 2 aromatic heterocycles. The number of benzene rings is 8. The SMILES string of the molecule is C1=CCCC(c2ccc(-c3c4ccccc4c(-c4ccc5oc6c(ccc7ccc8oc9ccccc9c8c76)c5c4)c4ccccc34)cc2)=C1. The molecule has 1 aliphatic rings. The maximum Gasteiger partial charge on any atom is 0.144 e. The van der Waals surface area contributed by atoms with Gasteiger partial charge in [0.05, 0.1) is 0 Å². The van der Waals surface area contributed by atoms with Crippen LogP contribution in [0.2, 0.25) is 0 Å². The van der Waals surface area contributed by atoms with E-state index < -0.39 is 0 Å². The summed E-state index contributed by atoms with van der Waals surface area (Å²) in [5.74, 6) is 0. The Morgan fingerprint density at radius 3 is 1.74 bits per heavy atom. The molecule has 0 N–H and O–H groups in total. The van der Waals surface area contributed by atoms with E-state index in [9.17, 15) is 0 Å². The van der Waals surface area contributed by atoms with E-state index in [0.29, 0.717) is 0 Å². The van der Waals surface area contributed by atoms with E-state index in [4.69, 9.17) is 8.83 Å². The molecule has 0 radical (unpaired) electrons. The molecule has 0 saturated heterocycles. The van der Waals surface area contributed by atoms with E-state index in [1.807, 2.05) is 12.1 Å². The molecule has 2 heteroatoms. The maximum atomic E-state index is 6.74. The van der Waals surface area contributed by atoms with Gasteiger partial charge in [-0.05, 0) is 103 Å². The van der Waals surface area contributed by atoms with Crippen LogP contribution in [-0.4, -0.2) is 0 Å². The second-order valence-corrected chi connectivity index (χ2v) is 13.5. The van der Waals surface area contributed by atoms with Crippen LogP contribution in [0.5, 0.6) is 0 Å². The van der Waals surface area contributed by atoms with Crippen LogP contribution in [0.4, 0.5) is 0 Å². The minimum Gasteiger partial charge on any atom is -0.456 e. The third-order valence-electron chi connectivity index (χ3n) is 10.7. The van der Waals surface area contributed by atoms with Gasteiger partial charge in [0.1, 0.15) is 22.3 Å². The number of para-hydroxylation sites is 1. The van der Waals surface area contributed by atoms with Gasteiger partial charge in [-0.2, -0.15) is 0 Å². The number of hydrogen-bond donors (Lipinski definition) is 0. The van der Waals surface area contributed by atoms with Crippen LogP contribution in [0.3, 0.4) is 0 Å². The molecule has 2 nitrogen and oxygen atoms in total. The Labute approximate surface area is 288 Å². The van der Waals surface area contributed by atoms with Crippen molar-refractivity contribution in [1.29, 1.82) is 0 Å². The molecule has 0 unspecified atom stereocenters. The van der Waals surface area contributed by atoms with Crippen LogP contribution in [0, 0.1) is 0 Å². The fourth-order valence-electron chi connectivity index (χ4n) is 8.46. The lowest BCUT2D eigenvalue weighted by Gasteiger charge is -2.18. The molecule has 0 saturated carbocycles. The van der Waals surface area contributed by atoms with Crippen molar-refractivity contribution in [2.45, 2.75) is 12.8 Å². The van der Waals surface area contributed by atoms with E-state index in [1.165, 1.54) is 54.9 Å². The second-order valence-electron chi connectivity index (χ2n) is 13.5. The van der Waals surface area contributed by atoms with Gasteiger partial charge in [0.15, 0.2) is 0 Å². The van der Waals surface area contributed by atoms with Crippen molar-refractivity contribution in [2.75, 3.05) is 0 Å². The standard InChI is InChI=1S/C48H30O2/c1-2-10-29(11-3-1)30-18-20-31(21-19-30)44-34-12-4-6-14-36(34)45(37-15-7-5-13-35(37)44)33-24-26-42-40(28-33)38-25-22-32-23-27-43-47(46(32)48(38)50-42)39-16-8-9-17-41(39)49-43/h1-2,4-10,12-28H,3,11H2. The van der Waals surface area contributed by atoms with Crippen LogP contribution in [-0.2, 0) is 0 Å². The number of rotatable bonds is 3. The quantitative estimate of drug-likeness (QED) is 0.180. The highest BCUT2D eigenvalue weighted by Crippen LogP contribution is 2.46. The molecular weight excluding hydrogens is 609 g/mol. The highest BCUT2D eigenvalue weighted by molar-refractivity contribution is 6.28. The Kier molecular flexibility index (Phi) is 5.82. The number of hydrogen-bond acceptors (Lipinski definition) is 2. The van der Waals surface area contributed by atoms with Crippen LogP contribution >= 0.6 is 0 Å². The minimum atomic E-state index is 0.878. The van der Waals surface area contributed by atoms with Crippen LogP contribution in [0.1, 0.15) is 18.4 Å². The lowest BCUT2D eigenvalue weighted by atomic mass is 9.85. The molecule has 11 rings (SSSR count). The fraction of sp³-hybridized carbons (Fsp3) is 0.0417. The first-order valence-corrected chi connectivity index (χ1v) is 17.4. The number of furan rings is 2. The zero-order valence-corrected chi connectivity index (χ0v) is 27.2. The normalized spacial score (nSPS) is 13.5. The molecular formula is C48H30O2. The summed E-state index contributed by atoms with van der Waals surface area (Å²) in [5, 5.41) is 11.7. The molecule has 0 aliphatic heterocycles. The summed E-state index contributed by atoms with van der Waals surface area (Å²) in [6.07, 6.45) is 8.87. The Bertz CT molecular complexity index is 3020. The van der Waals surface area contributed by atoms with Gasteiger partial charge in [0.2, 0.25) is 0 Å². The molecule has 0 fully saturated rings. The predicted octanol–water partition coefficient (Wildman–Crippen LogP) is 14.0. The molecule has 0 amide bonds. The van der Waals surface area contributed by atoms with Crippen molar-refractivity contribution in [3.8, 4) is 22.3 Å². The summed E-state index contributed by atoms with van der Waals surface area (Å²) in [6.45, 7) is 0. The first-order valence-electron chi connectivity index (χ1n) is 17.4. The third-order valence-corrected chi connectivity index (χ3v) is 10.7. The van der Waals surface area contributed by atoms with E-state index in [-0.39, 0.29) is 0 Å². The van der Waals surface area contributed by atoms with E-state index in [1.54, 1.807) is 0 Å². The molecule has 0 bridgehead atoms. The first kappa shape index (κ1) is 27.6. The summed E-state index contributed by atoms with van der Waals surface area (Å²) in [5.41, 5.74) is 11.2. The zero-order chi connectivity index (χ0) is 32.8. The third kappa shape index (κ3) is 3.96. The van der Waals surface area contributed by atoms with Gasteiger partial charge >= 0.3 is 0 Å². The highest BCUT2D eigenvalue weighted by atomic mass is 16.3. The molecule has 10 aromatic rings. The summed E-state index contributed by atoms with van der Waals surface area (Å²) in [6, 6.07) is 50.6. The average molecular weight is 639 g/mol. The van der Waals surface area contributed by atoms with Crippen LogP contribution < -0.4 is 0 Å². The largest absolute Gasteiger partial charge is 0.456 e. The van der Waals surface area contributed by atoms with Crippen molar-refractivity contribution in [1.82, 2.24) is 0 Å². The van der Waals surface area contributed by atoms with Crippen molar-refractivity contribution >= 4 is 81.8 Å².